The minimum atomic E-state index is -0.353. The zero-order valence-corrected chi connectivity index (χ0v) is 13.0. The molecule has 2 aromatic rings. The van der Waals surface area contributed by atoms with E-state index in [-0.39, 0.29) is 11.8 Å². The maximum absolute atomic E-state index is 13.3. The second-order valence-corrected chi connectivity index (χ2v) is 4.98. The van der Waals surface area contributed by atoms with E-state index in [9.17, 15) is 4.39 Å². The van der Waals surface area contributed by atoms with Crippen molar-refractivity contribution in [3.05, 3.63) is 29.8 Å². The lowest BCUT2D eigenvalue weighted by Crippen LogP contribution is -2.22. The quantitative estimate of drug-likeness (QED) is 0.892. The number of nitrogens with two attached hydrogens (primary N) is 1. The van der Waals surface area contributed by atoms with E-state index < -0.39 is 0 Å². The van der Waals surface area contributed by atoms with Crippen LogP contribution in [0.4, 0.5) is 22.0 Å². The molecule has 1 aromatic carbocycles. The number of methoxy groups -OCH3 is 1. The van der Waals surface area contributed by atoms with E-state index in [4.69, 9.17) is 10.5 Å². The van der Waals surface area contributed by atoms with E-state index in [2.05, 4.69) is 15.0 Å². The molecule has 2 rings (SSSR count). The van der Waals surface area contributed by atoms with Gasteiger partial charge >= 0.3 is 0 Å². The van der Waals surface area contributed by atoms with Crippen LogP contribution < -0.4 is 20.3 Å². The summed E-state index contributed by atoms with van der Waals surface area (Å²) < 4.78 is 18.5. The predicted molar refractivity (Wildman–Crippen MR) is 83.6 cm³/mol. The normalized spacial score (nSPS) is 10.4. The summed E-state index contributed by atoms with van der Waals surface area (Å²) in [6.07, 6.45) is 0. The summed E-state index contributed by atoms with van der Waals surface area (Å²) in [5.41, 5.74) is 6.44. The number of anilines is 3. The fourth-order valence-corrected chi connectivity index (χ4v) is 1.96. The van der Waals surface area contributed by atoms with Gasteiger partial charge in [0.25, 0.3) is 0 Å². The molecule has 118 valence electrons. The molecule has 1 aromatic heterocycles. The van der Waals surface area contributed by atoms with Crippen molar-refractivity contribution in [2.45, 2.75) is 6.54 Å². The maximum Gasteiger partial charge on any atom is 0.229 e. The Labute approximate surface area is 128 Å². The highest BCUT2D eigenvalue weighted by molar-refractivity contribution is 5.58. The Morgan fingerprint density at radius 1 is 1.18 bits per heavy atom. The molecule has 8 heteroatoms. The summed E-state index contributed by atoms with van der Waals surface area (Å²) >= 11 is 0. The Bertz CT molecular complexity index is 664. The lowest BCUT2D eigenvalue weighted by Gasteiger charge is -2.21. The summed E-state index contributed by atoms with van der Waals surface area (Å²) in [7, 11) is 6.98. The Morgan fingerprint density at radius 2 is 1.91 bits per heavy atom. The van der Waals surface area contributed by atoms with Crippen molar-refractivity contribution < 1.29 is 9.13 Å². The van der Waals surface area contributed by atoms with Crippen molar-refractivity contribution >= 4 is 17.6 Å². The number of hydrogen-bond acceptors (Lipinski definition) is 7. The second-order valence-electron chi connectivity index (χ2n) is 4.98. The Balaban J connectivity index is 2.27. The van der Waals surface area contributed by atoms with Gasteiger partial charge < -0.3 is 20.3 Å². The third kappa shape index (κ3) is 3.51. The first-order valence-electron chi connectivity index (χ1n) is 6.63. The third-order valence-electron chi connectivity index (χ3n) is 3.02. The van der Waals surface area contributed by atoms with Gasteiger partial charge in [-0.15, -0.1) is 0 Å². The molecule has 0 radical (unpaired) electrons. The van der Waals surface area contributed by atoms with Crippen LogP contribution in [0, 0.1) is 5.82 Å². The van der Waals surface area contributed by atoms with Crippen LogP contribution in [0.1, 0.15) is 5.82 Å². The number of nitrogens with zero attached hydrogens (tertiary/aromatic N) is 5. The van der Waals surface area contributed by atoms with Gasteiger partial charge in [-0.3, -0.25) is 0 Å². The lowest BCUT2D eigenvalue weighted by atomic mass is 10.2. The van der Waals surface area contributed by atoms with Crippen molar-refractivity contribution in [2.24, 2.45) is 0 Å². The molecule has 0 aliphatic heterocycles. The fraction of sp³-hybridized carbons (Fsp3) is 0.357. The molecule has 0 fully saturated rings. The van der Waals surface area contributed by atoms with Gasteiger partial charge in [0, 0.05) is 27.2 Å². The van der Waals surface area contributed by atoms with Crippen LogP contribution in [0.25, 0.3) is 0 Å². The van der Waals surface area contributed by atoms with Crippen molar-refractivity contribution in [3.8, 4) is 5.75 Å². The van der Waals surface area contributed by atoms with Gasteiger partial charge in [-0.05, 0) is 12.1 Å². The van der Waals surface area contributed by atoms with Gasteiger partial charge in [0.1, 0.15) is 11.6 Å². The van der Waals surface area contributed by atoms with Crippen LogP contribution in [-0.4, -0.2) is 43.2 Å². The average Bonchev–Trinajstić information content (AvgIpc) is 2.46. The summed E-state index contributed by atoms with van der Waals surface area (Å²) in [5, 5.41) is 0. The molecule has 0 amide bonds. The molecule has 22 heavy (non-hydrogen) atoms. The molecule has 0 unspecified atom stereocenters. The van der Waals surface area contributed by atoms with Crippen molar-refractivity contribution in [3.63, 3.8) is 0 Å². The monoisotopic (exact) mass is 306 g/mol. The van der Waals surface area contributed by atoms with Gasteiger partial charge in [-0.1, -0.05) is 0 Å². The highest BCUT2D eigenvalue weighted by Gasteiger charge is 2.13. The first kappa shape index (κ1) is 15.7. The molecule has 0 saturated carbocycles. The maximum atomic E-state index is 13.3. The summed E-state index contributed by atoms with van der Waals surface area (Å²) in [5.74, 6) is 1.26. The van der Waals surface area contributed by atoms with E-state index >= 15 is 0 Å². The van der Waals surface area contributed by atoms with Crippen LogP contribution in [-0.2, 0) is 6.54 Å². The Morgan fingerprint density at radius 3 is 2.55 bits per heavy atom. The first-order chi connectivity index (χ1) is 10.4. The van der Waals surface area contributed by atoms with Crippen LogP contribution in [0.5, 0.6) is 5.75 Å². The molecule has 0 atom stereocenters. The minimum Gasteiger partial charge on any atom is -0.494 e. The zero-order valence-electron chi connectivity index (χ0n) is 13.0. The zero-order chi connectivity index (χ0) is 16.3. The predicted octanol–water partition coefficient (Wildman–Crippen LogP) is 1.30. The Kier molecular flexibility index (Phi) is 4.59. The number of ether oxygens (including phenoxy) is 1. The van der Waals surface area contributed by atoms with E-state index in [1.54, 1.807) is 11.0 Å². The van der Waals surface area contributed by atoms with E-state index in [1.807, 2.05) is 26.0 Å². The first-order valence-corrected chi connectivity index (χ1v) is 6.63. The van der Waals surface area contributed by atoms with Crippen molar-refractivity contribution in [1.29, 1.82) is 0 Å². The van der Waals surface area contributed by atoms with E-state index in [0.29, 0.717) is 24.1 Å². The van der Waals surface area contributed by atoms with E-state index in [0.717, 1.165) is 5.69 Å². The molecule has 7 nitrogen and oxygen atoms in total. The third-order valence-corrected chi connectivity index (χ3v) is 3.02. The smallest absolute Gasteiger partial charge is 0.229 e. The number of benzene rings is 1. The molecular weight excluding hydrogens is 287 g/mol. The summed E-state index contributed by atoms with van der Waals surface area (Å²) in [6.45, 7) is 0.384. The largest absolute Gasteiger partial charge is 0.494 e. The fourth-order valence-electron chi connectivity index (χ4n) is 1.96. The SMILES string of the molecule is COc1cc(F)ccc1N(C)Cc1nc(N)nc(N(C)C)n1. The number of hydrogen-bond donors (Lipinski definition) is 1. The number of aromatic nitrogens is 3. The molecule has 0 bridgehead atoms. The van der Waals surface area contributed by atoms with Crippen LogP contribution in [0.3, 0.4) is 0 Å². The van der Waals surface area contributed by atoms with Gasteiger partial charge in [0.05, 0.1) is 19.3 Å². The lowest BCUT2D eigenvalue weighted by molar-refractivity contribution is 0.411. The highest BCUT2D eigenvalue weighted by Crippen LogP contribution is 2.28. The molecule has 0 aliphatic rings. The number of nitrogen functional groups attached to an aromatic ring is 1. The Hall–Kier alpha value is -2.64. The molecule has 2 N–H and O–H groups in total. The molecule has 0 saturated heterocycles. The van der Waals surface area contributed by atoms with Gasteiger partial charge in [-0.25, -0.2) is 4.39 Å². The van der Waals surface area contributed by atoms with Gasteiger partial charge in [-0.2, -0.15) is 15.0 Å². The van der Waals surface area contributed by atoms with Crippen LogP contribution in [0.2, 0.25) is 0 Å². The average molecular weight is 306 g/mol. The summed E-state index contributed by atoms with van der Waals surface area (Å²) in [4.78, 5) is 16.1. The number of rotatable bonds is 5. The second kappa shape index (κ2) is 6.42. The van der Waals surface area contributed by atoms with Crippen LogP contribution in [0.15, 0.2) is 18.2 Å². The van der Waals surface area contributed by atoms with Gasteiger partial charge in [0.2, 0.25) is 11.9 Å². The molecule has 0 spiro atoms. The minimum absolute atomic E-state index is 0.160. The standard InChI is InChI=1S/C14H19FN6O/c1-20(2)14-18-12(17-13(16)19-14)8-21(3)10-6-5-9(15)7-11(10)22-4/h5-7H,8H2,1-4H3,(H2,16,17,18,19). The van der Waals surface area contributed by atoms with Gasteiger partial charge in [0.15, 0.2) is 5.82 Å². The topological polar surface area (TPSA) is 80.4 Å². The molecule has 0 aliphatic carbocycles. The van der Waals surface area contributed by atoms with Crippen molar-refractivity contribution in [1.82, 2.24) is 15.0 Å². The van der Waals surface area contributed by atoms with E-state index in [1.165, 1.54) is 19.2 Å². The molecule has 1 heterocycles. The highest BCUT2D eigenvalue weighted by atomic mass is 19.1. The number of halogens is 1. The molecular formula is C14H19FN6O. The van der Waals surface area contributed by atoms with Crippen LogP contribution >= 0.6 is 0 Å². The van der Waals surface area contributed by atoms with Crippen molar-refractivity contribution in [2.75, 3.05) is 43.8 Å². The summed E-state index contributed by atoms with van der Waals surface area (Å²) in [6, 6.07) is 4.35.